The van der Waals surface area contributed by atoms with Gasteiger partial charge in [-0.3, -0.25) is 4.79 Å². The smallest absolute Gasteiger partial charge is 0.251 e. The average molecular weight is 356 g/mol. The van der Waals surface area contributed by atoms with Gasteiger partial charge in [0.1, 0.15) is 6.61 Å². The zero-order valence-corrected chi connectivity index (χ0v) is 14.8. The summed E-state index contributed by atoms with van der Waals surface area (Å²) >= 11 is 0. The van der Waals surface area contributed by atoms with Gasteiger partial charge in [-0.25, -0.2) is 9.97 Å². The number of amides is 1. The second-order valence-corrected chi connectivity index (χ2v) is 6.87. The fraction of sp³-hybridized carbons (Fsp3) is 0.526. The summed E-state index contributed by atoms with van der Waals surface area (Å²) in [7, 11) is 0. The summed E-state index contributed by atoms with van der Waals surface area (Å²) < 4.78 is 10.9. The summed E-state index contributed by atoms with van der Waals surface area (Å²) in [6.45, 7) is 3.95. The van der Waals surface area contributed by atoms with Gasteiger partial charge in [-0.2, -0.15) is 0 Å². The molecule has 7 nitrogen and oxygen atoms in total. The zero-order valence-electron chi connectivity index (χ0n) is 14.8. The van der Waals surface area contributed by atoms with Crippen molar-refractivity contribution in [2.75, 3.05) is 49.7 Å². The molecule has 0 bridgehead atoms. The van der Waals surface area contributed by atoms with Crippen molar-refractivity contribution in [3.8, 4) is 0 Å². The molecule has 2 saturated heterocycles. The van der Waals surface area contributed by atoms with Gasteiger partial charge < -0.3 is 19.7 Å². The molecule has 0 spiro atoms. The third kappa shape index (κ3) is 3.94. The lowest BCUT2D eigenvalue weighted by molar-refractivity contribution is -0.121. The van der Waals surface area contributed by atoms with E-state index in [-0.39, 0.29) is 12.5 Å². The van der Waals surface area contributed by atoms with E-state index < -0.39 is 0 Å². The van der Waals surface area contributed by atoms with E-state index in [4.69, 9.17) is 14.5 Å². The summed E-state index contributed by atoms with van der Waals surface area (Å²) in [6.07, 6.45) is 3.26. The molecule has 3 heterocycles. The van der Waals surface area contributed by atoms with Gasteiger partial charge in [-0.15, -0.1) is 0 Å². The highest BCUT2D eigenvalue weighted by atomic mass is 16.5. The molecule has 2 aliphatic heterocycles. The number of anilines is 2. The highest BCUT2D eigenvalue weighted by molar-refractivity contribution is 5.95. The molecule has 2 aliphatic rings. The Morgan fingerprint density at radius 3 is 2.73 bits per heavy atom. The normalized spacial score (nSPS) is 20.0. The predicted molar refractivity (Wildman–Crippen MR) is 99.4 cm³/mol. The lowest BCUT2D eigenvalue weighted by Crippen LogP contribution is -2.25. The molecule has 0 aliphatic carbocycles. The molecule has 2 aromatic rings. The number of carbonyl (C=O) groups excluding carboxylic acids is 1. The molecule has 1 unspecified atom stereocenters. The number of hydrogen-bond donors (Lipinski definition) is 1. The molecule has 2 fully saturated rings. The first kappa shape index (κ1) is 17.2. The van der Waals surface area contributed by atoms with Crippen molar-refractivity contribution < 1.29 is 14.3 Å². The molecule has 1 aromatic carbocycles. The minimum Gasteiger partial charge on any atom is -0.381 e. The second-order valence-electron chi connectivity index (χ2n) is 6.87. The fourth-order valence-corrected chi connectivity index (χ4v) is 3.43. The number of hydrogen-bond acceptors (Lipinski definition) is 6. The Morgan fingerprint density at radius 1 is 1.23 bits per heavy atom. The lowest BCUT2D eigenvalue weighted by atomic mass is 10.1. The minimum atomic E-state index is -0.200. The molecule has 1 N–H and O–H groups in total. The second kappa shape index (κ2) is 7.97. The molecule has 7 heteroatoms. The number of fused-ring (bicyclic) bond motifs is 1. The van der Waals surface area contributed by atoms with Crippen LogP contribution in [0.5, 0.6) is 0 Å². The first-order valence-electron chi connectivity index (χ1n) is 9.26. The summed E-state index contributed by atoms with van der Waals surface area (Å²) in [5, 5.41) is 2.89. The van der Waals surface area contributed by atoms with Crippen molar-refractivity contribution in [1.29, 1.82) is 0 Å². The Morgan fingerprint density at radius 2 is 2.00 bits per heavy atom. The predicted octanol–water partition coefficient (Wildman–Crippen LogP) is 2.22. The third-order valence-corrected chi connectivity index (χ3v) is 4.83. The zero-order chi connectivity index (χ0) is 17.8. The van der Waals surface area contributed by atoms with Gasteiger partial charge in [0, 0.05) is 25.6 Å². The van der Waals surface area contributed by atoms with E-state index in [0.717, 1.165) is 62.4 Å². The molecule has 1 aromatic heterocycles. The van der Waals surface area contributed by atoms with E-state index >= 15 is 0 Å². The van der Waals surface area contributed by atoms with Crippen molar-refractivity contribution in [3.63, 3.8) is 0 Å². The van der Waals surface area contributed by atoms with Crippen LogP contribution in [-0.4, -0.2) is 55.4 Å². The number of carbonyl (C=O) groups is 1. The topological polar surface area (TPSA) is 76.6 Å². The highest BCUT2D eigenvalue weighted by Crippen LogP contribution is 2.27. The van der Waals surface area contributed by atoms with Crippen molar-refractivity contribution in [2.24, 2.45) is 5.92 Å². The van der Waals surface area contributed by atoms with Crippen LogP contribution in [0.25, 0.3) is 11.0 Å². The maximum atomic E-state index is 12.3. The van der Waals surface area contributed by atoms with Gasteiger partial charge in [0.25, 0.3) is 5.91 Å². The number of nitrogens with one attached hydrogen (secondary N) is 1. The Hall–Kier alpha value is -2.25. The van der Waals surface area contributed by atoms with Gasteiger partial charge in [0.15, 0.2) is 11.6 Å². The van der Waals surface area contributed by atoms with Crippen LogP contribution < -0.4 is 10.2 Å². The van der Waals surface area contributed by atoms with Gasteiger partial charge in [-0.1, -0.05) is 12.1 Å². The molecular weight excluding hydrogens is 332 g/mol. The molecule has 1 atom stereocenters. The lowest BCUT2D eigenvalue weighted by Gasteiger charge is -2.20. The fourth-order valence-electron chi connectivity index (χ4n) is 3.43. The Bertz CT molecular complexity index is 770. The van der Waals surface area contributed by atoms with Crippen LogP contribution in [0.15, 0.2) is 24.3 Å². The number of ether oxygens (including phenoxy) is 2. The Kier molecular flexibility index (Phi) is 5.26. The quantitative estimate of drug-likeness (QED) is 0.855. The van der Waals surface area contributed by atoms with Crippen molar-refractivity contribution in [2.45, 2.75) is 19.3 Å². The van der Waals surface area contributed by atoms with Gasteiger partial charge >= 0.3 is 0 Å². The van der Waals surface area contributed by atoms with Crippen molar-refractivity contribution in [1.82, 2.24) is 9.97 Å². The standard InChI is InChI=1S/C19H24N4O3/c24-17(13-26-12-14-7-10-25-11-14)22-18-19(23-8-3-4-9-23)21-16-6-2-1-5-15(16)20-18/h1-2,5-6,14H,3-4,7-13H2,(H,20,22,24). The van der Waals surface area contributed by atoms with Crippen molar-refractivity contribution in [3.05, 3.63) is 24.3 Å². The van der Waals surface area contributed by atoms with Crippen LogP contribution in [0, 0.1) is 5.92 Å². The van der Waals surface area contributed by atoms with E-state index in [1.165, 1.54) is 0 Å². The molecule has 4 rings (SSSR count). The maximum absolute atomic E-state index is 12.3. The molecule has 138 valence electrons. The van der Waals surface area contributed by atoms with Gasteiger partial charge in [0.05, 0.1) is 24.2 Å². The van der Waals surface area contributed by atoms with E-state index in [0.29, 0.717) is 18.3 Å². The van der Waals surface area contributed by atoms with Crippen LogP contribution in [0.2, 0.25) is 0 Å². The number of aromatic nitrogens is 2. The van der Waals surface area contributed by atoms with E-state index in [9.17, 15) is 4.79 Å². The largest absolute Gasteiger partial charge is 0.381 e. The molecular formula is C19H24N4O3. The highest BCUT2D eigenvalue weighted by Gasteiger charge is 2.21. The van der Waals surface area contributed by atoms with E-state index in [2.05, 4.69) is 15.2 Å². The van der Waals surface area contributed by atoms with Crippen LogP contribution >= 0.6 is 0 Å². The first-order valence-corrected chi connectivity index (χ1v) is 9.26. The van der Waals surface area contributed by atoms with Gasteiger partial charge in [0.2, 0.25) is 0 Å². The minimum absolute atomic E-state index is 0.0183. The average Bonchev–Trinajstić information content (AvgIpc) is 3.35. The molecule has 0 radical (unpaired) electrons. The molecule has 1 amide bonds. The molecule has 26 heavy (non-hydrogen) atoms. The van der Waals surface area contributed by atoms with Gasteiger partial charge in [-0.05, 0) is 31.4 Å². The van der Waals surface area contributed by atoms with Crippen LogP contribution in [0.4, 0.5) is 11.6 Å². The summed E-state index contributed by atoms with van der Waals surface area (Å²) in [4.78, 5) is 23.9. The van der Waals surface area contributed by atoms with E-state index in [1.54, 1.807) is 0 Å². The summed E-state index contributed by atoms with van der Waals surface area (Å²) in [6, 6.07) is 7.72. The summed E-state index contributed by atoms with van der Waals surface area (Å²) in [5.74, 6) is 1.46. The van der Waals surface area contributed by atoms with Crippen LogP contribution in [0.3, 0.4) is 0 Å². The van der Waals surface area contributed by atoms with Crippen LogP contribution in [-0.2, 0) is 14.3 Å². The number of nitrogens with zero attached hydrogens (tertiary/aromatic N) is 3. The Labute approximate surface area is 152 Å². The number of benzene rings is 1. The van der Waals surface area contributed by atoms with Crippen LogP contribution in [0.1, 0.15) is 19.3 Å². The third-order valence-electron chi connectivity index (χ3n) is 4.83. The SMILES string of the molecule is O=C(COCC1CCOC1)Nc1nc2ccccc2nc1N1CCCC1. The summed E-state index contributed by atoms with van der Waals surface area (Å²) in [5.41, 5.74) is 1.61. The maximum Gasteiger partial charge on any atom is 0.251 e. The van der Waals surface area contributed by atoms with Crippen molar-refractivity contribution >= 4 is 28.6 Å². The monoisotopic (exact) mass is 356 g/mol. The first-order chi connectivity index (χ1) is 12.8. The Balaban J connectivity index is 1.46. The van der Waals surface area contributed by atoms with E-state index in [1.807, 2.05) is 24.3 Å². The molecule has 0 saturated carbocycles. The number of para-hydroxylation sites is 2. The number of rotatable bonds is 6.